The number of halogens is 5. The number of hydrogen-bond acceptors (Lipinski definition) is 2. The van der Waals surface area contributed by atoms with Gasteiger partial charge in [0, 0.05) is 11.4 Å². The molecule has 17 heavy (non-hydrogen) atoms. The van der Waals surface area contributed by atoms with Gasteiger partial charge in [-0.15, -0.1) is 12.4 Å². The molecule has 3 N–H and O–H groups in total. The maximum absolute atomic E-state index is 12.1. The van der Waals surface area contributed by atoms with Gasteiger partial charge in [0.25, 0.3) is 0 Å². The van der Waals surface area contributed by atoms with E-state index in [1.54, 1.807) is 12.1 Å². The molecule has 0 aliphatic carbocycles. The van der Waals surface area contributed by atoms with Gasteiger partial charge in [-0.3, -0.25) is 0 Å². The van der Waals surface area contributed by atoms with Crippen molar-refractivity contribution in [1.29, 1.82) is 0 Å². The predicted molar refractivity (Wildman–Crippen MR) is 62.3 cm³/mol. The van der Waals surface area contributed by atoms with Gasteiger partial charge < -0.3 is 10.8 Å². The third kappa shape index (κ3) is 5.12. The molecule has 0 amide bonds. The normalized spacial score (nSPS) is 14.9. The van der Waals surface area contributed by atoms with E-state index in [9.17, 15) is 18.3 Å². The summed E-state index contributed by atoms with van der Waals surface area (Å²) in [5.41, 5.74) is 5.24. The van der Waals surface area contributed by atoms with Gasteiger partial charge in [-0.1, -0.05) is 23.7 Å². The first-order valence-corrected chi connectivity index (χ1v) is 4.94. The lowest BCUT2D eigenvalue weighted by atomic mass is 10.0. The summed E-state index contributed by atoms with van der Waals surface area (Å²) >= 11 is 5.65. The summed E-state index contributed by atoms with van der Waals surface area (Å²) in [5, 5.41) is 9.90. The molecule has 0 saturated carbocycles. The average Bonchev–Trinajstić information content (AvgIpc) is 2.16. The van der Waals surface area contributed by atoms with E-state index in [4.69, 9.17) is 17.3 Å². The topological polar surface area (TPSA) is 46.2 Å². The molecular formula is C10H12Cl2F3NO. The van der Waals surface area contributed by atoms with Gasteiger partial charge in [-0.25, -0.2) is 0 Å². The first kappa shape index (κ1) is 16.5. The Labute approximate surface area is 108 Å². The Morgan fingerprint density at radius 2 is 1.94 bits per heavy atom. The van der Waals surface area contributed by atoms with Gasteiger partial charge in [0.2, 0.25) is 0 Å². The minimum atomic E-state index is -4.50. The van der Waals surface area contributed by atoms with Crippen LogP contribution >= 0.6 is 24.0 Å². The van der Waals surface area contributed by atoms with E-state index in [1.165, 1.54) is 12.1 Å². The quantitative estimate of drug-likeness (QED) is 0.898. The third-order valence-electron chi connectivity index (χ3n) is 2.13. The molecule has 0 aliphatic rings. The summed E-state index contributed by atoms with van der Waals surface area (Å²) in [5.74, 6) is 0. The molecule has 2 atom stereocenters. The van der Waals surface area contributed by atoms with Crippen LogP contribution in [0.15, 0.2) is 24.3 Å². The van der Waals surface area contributed by atoms with Crippen molar-refractivity contribution in [3.05, 3.63) is 34.9 Å². The highest BCUT2D eigenvalue weighted by Gasteiger charge is 2.37. The number of hydrogen-bond donors (Lipinski definition) is 2. The maximum Gasteiger partial charge on any atom is 0.403 e. The second-order valence-electron chi connectivity index (χ2n) is 3.45. The van der Waals surface area contributed by atoms with Crippen LogP contribution in [0.1, 0.15) is 18.1 Å². The lowest BCUT2D eigenvalue weighted by Gasteiger charge is -2.19. The fourth-order valence-electron chi connectivity index (χ4n) is 1.22. The van der Waals surface area contributed by atoms with Crippen molar-refractivity contribution in [3.63, 3.8) is 0 Å². The van der Waals surface area contributed by atoms with Crippen LogP contribution in [-0.2, 0) is 0 Å². The van der Waals surface area contributed by atoms with E-state index in [0.717, 1.165) is 0 Å². The molecule has 0 unspecified atom stereocenters. The van der Waals surface area contributed by atoms with E-state index >= 15 is 0 Å². The van der Waals surface area contributed by atoms with Crippen molar-refractivity contribution in [1.82, 2.24) is 0 Å². The van der Waals surface area contributed by atoms with Crippen LogP contribution in [0.2, 0.25) is 5.02 Å². The molecule has 0 spiro atoms. The molecule has 98 valence electrons. The molecule has 0 aromatic heterocycles. The lowest BCUT2D eigenvalue weighted by molar-refractivity contribution is -0.153. The molecule has 1 aromatic carbocycles. The smallest absolute Gasteiger partial charge is 0.388 e. The van der Waals surface area contributed by atoms with Gasteiger partial charge in [0.15, 0.2) is 0 Å². The Morgan fingerprint density at radius 1 is 1.35 bits per heavy atom. The molecule has 0 saturated heterocycles. The molecule has 0 aliphatic heterocycles. The largest absolute Gasteiger partial charge is 0.403 e. The van der Waals surface area contributed by atoms with Crippen molar-refractivity contribution in [3.8, 4) is 0 Å². The van der Waals surface area contributed by atoms with Gasteiger partial charge in [0.05, 0.1) is 6.10 Å². The van der Waals surface area contributed by atoms with Crippen LogP contribution in [0.3, 0.4) is 0 Å². The molecule has 2 nitrogen and oxygen atoms in total. The van der Waals surface area contributed by atoms with Crippen LogP contribution in [-0.4, -0.2) is 17.3 Å². The molecule has 7 heteroatoms. The summed E-state index contributed by atoms with van der Waals surface area (Å²) in [6.45, 7) is 0. The number of alkyl halides is 3. The zero-order valence-corrected chi connectivity index (χ0v) is 10.2. The van der Waals surface area contributed by atoms with E-state index in [2.05, 4.69) is 0 Å². The van der Waals surface area contributed by atoms with Crippen molar-refractivity contribution in [2.45, 2.75) is 24.7 Å². The fraction of sp³-hybridized carbons (Fsp3) is 0.400. The van der Waals surface area contributed by atoms with E-state index in [-0.39, 0.29) is 12.4 Å². The predicted octanol–water partition coefficient (Wildman–Crippen LogP) is 3.07. The van der Waals surface area contributed by atoms with Gasteiger partial charge in [-0.2, -0.15) is 13.2 Å². The molecule has 0 radical (unpaired) electrons. The van der Waals surface area contributed by atoms with Crippen molar-refractivity contribution < 1.29 is 18.3 Å². The molecular weight excluding hydrogens is 278 g/mol. The summed E-state index contributed by atoms with van der Waals surface area (Å²) < 4.78 is 36.4. The number of nitrogens with two attached hydrogens (primary N) is 1. The minimum Gasteiger partial charge on any atom is -0.388 e. The number of rotatable bonds is 3. The van der Waals surface area contributed by atoms with Crippen LogP contribution in [0.4, 0.5) is 13.2 Å². The second-order valence-corrected chi connectivity index (χ2v) is 3.89. The van der Waals surface area contributed by atoms with Crippen LogP contribution in [0.25, 0.3) is 0 Å². The van der Waals surface area contributed by atoms with Gasteiger partial charge in [0.1, 0.15) is 6.04 Å². The standard InChI is InChI=1S/C10H11ClF3NO.ClH/c11-7-3-1-2-6(4-7)8(16)5-9(15)10(12,13)14;/h1-4,8-9,16H,5,15H2;1H/t8-,9+;/m1./s1. The first-order valence-electron chi connectivity index (χ1n) is 4.56. The van der Waals surface area contributed by atoms with Crippen molar-refractivity contribution in [2.75, 3.05) is 0 Å². The summed E-state index contributed by atoms with van der Waals surface area (Å²) in [6, 6.07) is 4.00. The lowest BCUT2D eigenvalue weighted by Crippen LogP contribution is -2.38. The Hall–Kier alpha value is -0.490. The molecule has 1 rings (SSSR count). The first-order chi connectivity index (χ1) is 7.30. The summed E-state index contributed by atoms with van der Waals surface area (Å²) in [4.78, 5) is 0. The van der Waals surface area contributed by atoms with E-state index < -0.39 is 24.7 Å². The second kappa shape index (κ2) is 6.44. The molecule has 1 aromatic rings. The Kier molecular flexibility index (Phi) is 6.26. The molecule has 0 fully saturated rings. The van der Waals surface area contributed by atoms with Gasteiger partial charge in [-0.05, 0) is 17.7 Å². The number of aliphatic hydroxyl groups is 1. The Bertz CT molecular complexity index is 360. The number of benzene rings is 1. The minimum absolute atomic E-state index is 0. The molecule has 0 bridgehead atoms. The summed E-state index contributed by atoms with van der Waals surface area (Å²) in [7, 11) is 0. The molecule has 0 heterocycles. The monoisotopic (exact) mass is 289 g/mol. The van der Waals surface area contributed by atoms with Crippen LogP contribution < -0.4 is 5.73 Å². The van der Waals surface area contributed by atoms with Crippen LogP contribution in [0, 0.1) is 0 Å². The zero-order valence-electron chi connectivity index (χ0n) is 8.62. The number of aliphatic hydroxyl groups excluding tert-OH is 1. The van der Waals surface area contributed by atoms with Crippen LogP contribution in [0.5, 0.6) is 0 Å². The highest BCUT2D eigenvalue weighted by molar-refractivity contribution is 6.30. The third-order valence-corrected chi connectivity index (χ3v) is 2.37. The summed E-state index contributed by atoms with van der Waals surface area (Å²) in [6.07, 6.45) is -6.35. The van der Waals surface area contributed by atoms with Crippen molar-refractivity contribution in [2.24, 2.45) is 5.73 Å². The zero-order chi connectivity index (χ0) is 12.3. The SMILES string of the molecule is Cl.N[C@@H](C[C@@H](O)c1cccc(Cl)c1)C(F)(F)F. The Morgan fingerprint density at radius 3 is 2.41 bits per heavy atom. The van der Waals surface area contributed by atoms with E-state index in [1.807, 2.05) is 0 Å². The van der Waals surface area contributed by atoms with E-state index in [0.29, 0.717) is 10.6 Å². The maximum atomic E-state index is 12.1. The Balaban J connectivity index is 0.00000256. The highest BCUT2D eigenvalue weighted by Crippen LogP contribution is 2.27. The fourth-order valence-corrected chi connectivity index (χ4v) is 1.42. The highest BCUT2D eigenvalue weighted by atomic mass is 35.5. The average molecular weight is 290 g/mol. The van der Waals surface area contributed by atoms with Crippen molar-refractivity contribution >= 4 is 24.0 Å². The van der Waals surface area contributed by atoms with Gasteiger partial charge >= 0.3 is 6.18 Å².